The summed E-state index contributed by atoms with van der Waals surface area (Å²) in [5.41, 5.74) is 1.69. The summed E-state index contributed by atoms with van der Waals surface area (Å²) in [4.78, 5) is 36.5. The summed E-state index contributed by atoms with van der Waals surface area (Å²) < 4.78 is 0. The van der Waals surface area contributed by atoms with Crippen LogP contribution in [0.5, 0.6) is 0 Å². The molecule has 0 saturated carbocycles. The molecule has 0 saturated heterocycles. The maximum Gasteiger partial charge on any atom is 0.251 e. The second-order valence-electron chi connectivity index (χ2n) is 5.82. The number of aromatic amines is 1. The number of amides is 1. The number of hydrogen-bond donors (Lipinski definition) is 2. The first-order valence-corrected chi connectivity index (χ1v) is 9.70. The zero-order valence-corrected chi connectivity index (χ0v) is 15.4. The van der Waals surface area contributed by atoms with E-state index >= 15 is 0 Å². The van der Waals surface area contributed by atoms with Crippen LogP contribution in [0.4, 0.5) is 0 Å². The third kappa shape index (κ3) is 4.24. The van der Waals surface area contributed by atoms with Crippen LogP contribution in [0, 0.1) is 6.92 Å². The van der Waals surface area contributed by atoms with Crippen molar-refractivity contribution < 1.29 is 4.79 Å². The number of H-pyrrole nitrogens is 1. The molecule has 1 aliphatic carbocycles. The highest BCUT2D eigenvalue weighted by atomic mass is 32.2. The molecule has 0 fully saturated rings. The molecule has 8 heteroatoms. The van der Waals surface area contributed by atoms with Gasteiger partial charge in [0.1, 0.15) is 0 Å². The molecule has 3 rings (SSSR count). The average Bonchev–Trinajstić information content (AvgIpc) is 3.07. The Morgan fingerprint density at radius 3 is 3.04 bits per heavy atom. The SMILES string of the molecule is Cc1cc(=O)[nH]c(S[C@@H](C)C(=O)NCCc2nc3c(s2)CCC3)n1. The molecule has 2 N–H and O–H groups in total. The largest absolute Gasteiger partial charge is 0.355 e. The van der Waals surface area contributed by atoms with Crippen LogP contribution in [0.3, 0.4) is 0 Å². The van der Waals surface area contributed by atoms with Gasteiger partial charge < -0.3 is 10.3 Å². The minimum atomic E-state index is -0.323. The lowest BCUT2D eigenvalue weighted by Crippen LogP contribution is -2.32. The molecule has 1 aliphatic rings. The number of thioether (sulfide) groups is 1. The number of nitrogens with one attached hydrogen (secondary N) is 2. The van der Waals surface area contributed by atoms with Gasteiger partial charge in [-0.1, -0.05) is 11.8 Å². The molecule has 2 aromatic rings. The summed E-state index contributed by atoms with van der Waals surface area (Å²) in [6.07, 6.45) is 4.22. The molecule has 0 aliphatic heterocycles. The molecule has 0 unspecified atom stereocenters. The molecule has 0 spiro atoms. The average molecular weight is 364 g/mol. The second-order valence-corrected chi connectivity index (χ2v) is 8.32. The van der Waals surface area contributed by atoms with Crippen LogP contribution in [0.25, 0.3) is 0 Å². The normalized spacial score (nSPS) is 14.4. The van der Waals surface area contributed by atoms with E-state index in [2.05, 4.69) is 20.3 Å². The van der Waals surface area contributed by atoms with E-state index in [0.29, 0.717) is 17.4 Å². The van der Waals surface area contributed by atoms with Gasteiger partial charge in [0, 0.05) is 29.6 Å². The first-order chi connectivity index (χ1) is 11.5. The van der Waals surface area contributed by atoms with E-state index in [0.717, 1.165) is 24.3 Å². The van der Waals surface area contributed by atoms with E-state index in [-0.39, 0.29) is 16.7 Å². The number of aromatic nitrogens is 3. The number of fused-ring (bicyclic) bond motifs is 1. The van der Waals surface area contributed by atoms with Gasteiger partial charge in [-0.05, 0) is 33.1 Å². The molecular formula is C16H20N4O2S2. The van der Waals surface area contributed by atoms with E-state index in [9.17, 15) is 9.59 Å². The Kier molecular flexibility index (Phi) is 5.35. The highest BCUT2D eigenvalue weighted by Crippen LogP contribution is 2.27. The first kappa shape index (κ1) is 17.2. The van der Waals surface area contributed by atoms with Crippen LogP contribution in [-0.4, -0.2) is 32.7 Å². The predicted octanol–water partition coefficient (Wildman–Crippen LogP) is 1.86. The van der Waals surface area contributed by atoms with Crippen molar-refractivity contribution in [3.8, 4) is 0 Å². The fourth-order valence-electron chi connectivity index (χ4n) is 2.62. The number of aryl methyl sites for hydroxylation is 3. The summed E-state index contributed by atoms with van der Waals surface area (Å²) in [7, 11) is 0. The van der Waals surface area contributed by atoms with E-state index in [4.69, 9.17) is 0 Å². The van der Waals surface area contributed by atoms with Crippen molar-refractivity contribution in [2.45, 2.75) is 49.9 Å². The molecule has 0 aromatic carbocycles. The van der Waals surface area contributed by atoms with Crippen molar-refractivity contribution in [2.24, 2.45) is 0 Å². The zero-order valence-electron chi connectivity index (χ0n) is 13.7. The molecule has 24 heavy (non-hydrogen) atoms. The highest BCUT2D eigenvalue weighted by molar-refractivity contribution is 8.00. The number of carbonyl (C=O) groups is 1. The number of thiazole rings is 1. The molecule has 2 aromatic heterocycles. The van der Waals surface area contributed by atoms with Gasteiger partial charge in [0.05, 0.1) is 16.0 Å². The summed E-state index contributed by atoms with van der Waals surface area (Å²) in [5.74, 6) is -0.0618. The minimum absolute atomic E-state index is 0.0618. The van der Waals surface area contributed by atoms with E-state index < -0.39 is 0 Å². The Morgan fingerprint density at radius 2 is 2.29 bits per heavy atom. The lowest BCUT2D eigenvalue weighted by molar-refractivity contribution is -0.120. The van der Waals surface area contributed by atoms with Crippen molar-refractivity contribution in [1.29, 1.82) is 0 Å². The molecular weight excluding hydrogens is 344 g/mol. The van der Waals surface area contributed by atoms with Gasteiger partial charge in [0.15, 0.2) is 5.16 Å². The Balaban J connectivity index is 1.47. The van der Waals surface area contributed by atoms with Gasteiger partial charge in [-0.15, -0.1) is 11.3 Å². The molecule has 1 amide bonds. The number of carbonyl (C=O) groups excluding carboxylic acids is 1. The minimum Gasteiger partial charge on any atom is -0.355 e. The number of hydrogen-bond acceptors (Lipinski definition) is 6. The second kappa shape index (κ2) is 7.48. The van der Waals surface area contributed by atoms with Crippen molar-refractivity contribution in [2.75, 3.05) is 6.54 Å². The maximum absolute atomic E-state index is 12.2. The smallest absolute Gasteiger partial charge is 0.251 e. The van der Waals surface area contributed by atoms with Crippen molar-refractivity contribution in [3.63, 3.8) is 0 Å². The predicted molar refractivity (Wildman–Crippen MR) is 95.8 cm³/mol. The standard InChI is InChI=1S/C16H20N4O2S2/c1-9-8-13(21)20-16(18-9)23-10(2)15(22)17-7-6-14-19-11-4-3-5-12(11)24-14/h8,10H,3-7H2,1-2H3,(H,17,22)(H,18,20,21)/t10-/m0/s1. The van der Waals surface area contributed by atoms with Gasteiger partial charge in [-0.2, -0.15) is 0 Å². The van der Waals surface area contributed by atoms with Crippen molar-refractivity contribution in [3.05, 3.63) is 37.7 Å². The first-order valence-electron chi connectivity index (χ1n) is 8.01. The molecule has 128 valence electrons. The maximum atomic E-state index is 12.2. The summed E-state index contributed by atoms with van der Waals surface area (Å²) in [6, 6.07) is 1.43. The van der Waals surface area contributed by atoms with Gasteiger partial charge in [0.25, 0.3) is 5.56 Å². The third-order valence-corrected chi connectivity index (χ3v) is 5.99. The monoisotopic (exact) mass is 364 g/mol. The molecule has 1 atom stereocenters. The lowest BCUT2D eigenvalue weighted by Gasteiger charge is -2.11. The fraction of sp³-hybridized carbons (Fsp3) is 0.500. The van der Waals surface area contributed by atoms with Gasteiger partial charge in [0.2, 0.25) is 5.91 Å². The molecule has 6 nitrogen and oxygen atoms in total. The summed E-state index contributed by atoms with van der Waals surface area (Å²) in [5, 5.41) is 4.18. The number of rotatable bonds is 6. The summed E-state index contributed by atoms with van der Waals surface area (Å²) >= 11 is 3.02. The van der Waals surface area contributed by atoms with Crippen LogP contribution >= 0.6 is 23.1 Å². The van der Waals surface area contributed by atoms with Crippen molar-refractivity contribution >= 4 is 29.0 Å². The van der Waals surface area contributed by atoms with Gasteiger partial charge in [-0.25, -0.2) is 9.97 Å². The Bertz CT molecular complexity index is 778. The van der Waals surface area contributed by atoms with Gasteiger partial charge in [-0.3, -0.25) is 9.59 Å². The molecule has 0 radical (unpaired) electrons. The van der Waals surface area contributed by atoms with E-state index in [1.54, 1.807) is 25.2 Å². The summed E-state index contributed by atoms with van der Waals surface area (Å²) in [6.45, 7) is 4.14. The van der Waals surface area contributed by atoms with E-state index in [1.807, 2.05) is 0 Å². The van der Waals surface area contributed by atoms with Crippen LogP contribution in [-0.2, 0) is 24.1 Å². The fourth-order valence-corrected chi connectivity index (χ4v) is 4.65. The lowest BCUT2D eigenvalue weighted by atomic mass is 10.3. The van der Waals surface area contributed by atoms with Gasteiger partial charge >= 0.3 is 0 Å². The Morgan fingerprint density at radius 1 is 1.46 bits per heavy atom. The Labute approximate surface area is 148 Å². The van der Waals surface area contributed by atoms with E-state index in [1.165, 1.54) is 34.8 Å². The topological polar surface area (TPSA) is 87.7 Å². The van der Waals surface area contributed by atoms with Crippen LogP contribution in [0.2, 0.25) is 0 Å². The van der Waals surface area contributed by atoms with Crippen LogP contribution in [0.1, 0.15) is 34.6 Å². The van der Waals surface area contributed by atoms with Crippen LogP contribution in [0.15, 0.2) is 16.0 Å². The van der Waals surface area contributed by atoms with Crippen molar-refractivity contribution in [1.82, 2.24) is 20.3 Å². The zero-order chi connectivity index (χ0) is 17.1. The quantitative estimate of drug-likeness (QED) is 0.603. The highest BCUT2D eigenvalue weighted by Gasteiger charge is 2.18. The number of nitrogens with zero attached hydrogens (tertiary/aromatic N) is 2. The molecule has 2 heterocycles. The third-order valence-electron chi connectivity index (χ3n) is 3.78. The van der Waals surface area contributed by atoms with Crippen LogP contribution < -0.4 is 10.9 Å². The molecule has 0 bridgehead atoms. The Hall–Kier alpha value is -1.67.